The van der Waals surface area contributed by atoms with Crippen molar-refractivity contribution in [3.8, 4) is 0 Å². The molecule has 0 aromatic heterocycles. The minimum Gasteiger partial charge on any atom is -0.481 e. The van der Waals surface area contributed by atoms with Gasteiger partial charge in [0, 0.05) is 0 Å². The van der Waals surface area contributed by atoms with Gasteiger partial charge in [0.05, 0.1) is 11.5 Å². The van der Waals surface area contributed by atoms with Gasteiger partial charge in [-0.05, 0) is 84.5 Å². The average Bonchev–Trinajstić information content (AvgIpc) is 2.60. The molecule has 0 spiro atoms. The van der Waals surface area contributed by atoms with E-state index < -0.39 is 29.2 Å². The van der Waals surface area contributed by atoms with Crippen LogP contribution < -0.4 is 0 Å². The van der Waals surface area contributed by atoms with E-state index in [1.54, 1.807) is 6.92 Å². The van der Waals surface area contributed by atoms with Crippen molar-refractivity contribution in [2.45, 2.75) is 110 Å². The molecule has 1 heterocycles. The zero-order valence-corrected chi connectivity index (χ0v) is 19.1. The second-order valence-corrected chi connectivity index (χ2v) is 10.3. The van der Waals surface area contributed by atoms with Crippen LogP contribution in [0.25, 0.3) is 0 Å². The summed E-state index contributed by atoms with van der Waals surface area (Å²) >= 11 is 0. The Morgan fingerprint density at radius 3 is 2.59 bits per heavy atom. The van der Waals surface area contributed by atoms with Crippen LogP contribution in [0.1, 0.15) is 92.9 Å². The molecule has 166 valence electrons. The molecule has 0 bridgehead atoms. The van der Waals surface area contributed by atoms with Crippen LogP contribution in [0.15, 0.2) is 23.3 Å². The molecule has 1 aliphatic carbocycles. The lowest BCUT2D eigenvalue weighted by Gasteiger charge is -2.37. The fraction of sp³-hybridized carbons (Fsp3) is 0.792. The average molecular weight is 409 g/mol. The summed E-state index contributed by atoms with van der Waals surface area (Å²) in [5.41, 5.74) is 1.86. The van der Waals surface area contributed by atoms with E-state index in [2.05, 4.69) is 20.8 Å². The van der Waals surface area contributed by atoms with E-state index in [9.17, 15) is 9.90 Å². The van der Waals surface area contributed by atoms with Crippen LogP contribution in [-0.4, -0.2) is 33.5 Å². The Morgan fingerprint density at radius 1 is 1.34 bits per heavy atom. The Labute approximate surface area is 176 Å². The first kappa shape index (κ1) is 24.1. The predicted octanol–water partition coefficient (Wildman–Crippen LogP) is 5.58. The number of hydrogen-bond donors (Lipinski definition) is 2. The number of carboxylic acid groups (broad SMARTS) is 1. The first-order valence-corrected chi connectivity index (χ1v) is 11.0. The summed E-state index contributed by atoms with van der Waals surface area (Å²) in [4.78, 5) is 22.0. The van der Waals surface area contributed by atoms with E-state index in [1.165, 1.54) is 30.4 Å². The molecule has 1 fully saturated rings. The monoisotopic (exact) mass is 408 g/mol. The first-order valence-electron chi connectivity index (χ1n) is 11.0. The summed E-state index contributed by atoms with van der Waals surface area (Å²) in [6, 6.07) is 0. The normalized spacial score (nSPS) is 30.9. The van der Waals surface area contributed by atoms with Crippen LogP contribution in [0.4, 0.5) is 0 Å². The van der Waals surface area contributed by atoms with E-state index in [1.807, 2.05) is 26.0 Å². The van der Waals surface area contributed by atoms with Crippen molar-refractivity contribution in [2.24, 2.45) is 11.3 Å². The van der Waals surface area contributed by atoms with Crippen LogP contribution >= 0.6 is 0 Å². The Bertz CT molecular complexity index is 636. The zero-order chi connectivity index (χ0) is 21.9. The molecule has 2 aliphatic rings. The highest BCUT2D eigenvalue weighted by atomic mass is 17.2. The lowest BCUT2D eigenvalue weighted by Crippen LogP contribution is -2.41. The smallest absolute Gasteiger partial charge is 0.308 e. The molecule has 29 heavy (non-hydrogen) atoms. The molecule has 1 saturated heterocycles. The van der Waals surface area contributed by atoms with Crippen molar-refractivity contribution in [1.29, 1.82) is 0 Å². The molecular formula is C24H40O5. The maximum atomic E-state index is 11.1. The minimum absolute atomic E-state index is 0.229. The van der Waals surface area contributed by atoms with Crippen LogP contribution in [0.5, 0.6) is 0 Å². The molecule has 0 saturated carbocycles. The zero-order valence-electron chi connectivity index (χ0n) is 19.1. The molecule has 0 aromatic rings. The summed E-state index contributed by atoms with van der Waals surface area (Å²) < 4.78 is 0. The van der Waals surface area contributed by atoms with E-state index >= 15 is 0 Å². The van der Waals surface area contributed by atoms with Gasteiger partial charge < -0.3 is 10.2 Å². The molecule has 2 rings (SSSR count). The van der Waals surface area contributed by atoms with Crippen molar-refractivity contribution < 1.29 is 24.8 Å². The predicted molar refractivity (Wildman–Crippen MR) is 114 cm³/mol. The van der Waals surface area contributed by atoms with Crippen LogP contribution in [0.3, 0.4) is 0 Å². The number of aliphatic hydroxyl groups is 1. The van der Waals surface area contributed by atoms with Gasteiger partial charge in [0.1, 0.15) is 11.7 Å². The quantitative estimate of drug-likeness (QED) is 0.405. The molecule has 1 aliphatic heterocycles. The second kappa shape index (κ2) is 9.32. The van der Waals surface area contributed by atoms with Gasteiger partial charge in [-0.1, -0.05) is 37.1 Å². The Morgan fingerprint density at radius 2 is 2.03 bits per heavy atom. The van der Waals surface area contributed by atoms with Crippen LogP contribution in [0, 0.1) is 11.3 Å². The van der Waals surface area contributed by atoms with Gasteiger partial charge in [-0.2, -0.15) is 0 Å². The van der Waals surface area contributed by atoms with Gasteiger partial charge in [-0.25, -0.2) is 9.78 Å². The molecular weight excluding hydrogens is 368 g/mol. The maximum absolute atomic E-state index is 11.1. The van der Waals surface area contributed by atoms with Crippen molar-refractivity contribution in [3.05, 3.63) is 23.3 Å². The Kier molecular flexibility index (Phi) is 7.74. The van der Waals surface area contributed by atoms with E-state index in [0.717, 1.165) is 12.8 Å². The van der Waals surface area contributed by atoms with Crippen molar-refractivity contribution in [1.82, 2.24) is 0 Å². The standard InChI is InChI=1S/C24H40O5/c1-17-9-7-12-22(3,4)19(17)10-15-23(5,27)13-8-14-24(6)16-11-20(28-29-24)18(2)21(25)26/h8,13,18,20,27H,7,9-12,14-16H2,1-6H3,(H,25,26)/b13-8+/t18?,20-,23?,24+/m1/s1. The number of hydrogen-bond acceptors (Lipinski definition) is 4. The van der Waals surface area contributed by atoms with E-state index in [4.69, 9.17) is 14.9 Å². The molecule has 2 N–H and O–H groups in total. The van der Waals surface area contributed by atoms with Gasteiger partial charge in [-0.15, -0.1) is 0 Å². The highest BCUT2D eigenvalue weighted by Gasteiger charge is 2.37. The van der Waals surface area contributed by atoms with E-state index in [0.29, 0.717) is 19.3 Å². The summed E-state index contributed by atoms with van der Waals surface area (Å²) in [5, 5.41) is 20.0. The number of aliphatic carboxylic acids is 1. The van der Waals surface area contributed by atoms with Crippen LogP contribution in [0.2, 0.25) is 0 Å². The third-order valence-corrected chi connectivity index (χ3v) is 6.87. The summed E-state index contributed by atoms with van der Waals surface area (Å²) in [6.07, 6.45) is 10.7. The number of carbonyl (C=O) groups is 1. The number of carboxylic acids is 1. The second-order valence-electron chi connectivity index (χ2n) is 10.3. The molecule has 2 unspecified atom stereocenters. The van der Waals surface area contributed by atoms with Crippen molar-refractivity contribution in [2.75, 3.05) is 0 Å². The van der Waals surface area contributed by atoms with Gasteiger partial charge in [0.15, 0.2) is 0 Å². The van der Waals surface area contributed by atoms with Crippen LogP contribution in [-0.2, 0) is 14.6 Å². The molecule has 4 atom stereocenters. The minimum atomic E-state index is -0.871. The third-order valence-electron chi connectivity index (χ3n) is 6.87. The van der Waals surface area contributed by atoms with Crippen molar-refractivity contribution in [3.63, 3.8) is 0 Å². The molecule has 5 nitrogen and oxygen atoms in total. The highest BCUT2D eigenvalue weighted by molar-refractivity contribution is 5.70. The Balaban J connectivity index is 1.86. The van der Waals surface area contributed by atoms with Gasteiger partial charge in [0.2, 0.25) is 0 Å². The van der Waals surface area contributed by atoms with Gasteiger partial charge in [-0.3, -0.25) is 4.79 Å². The van der Waals surface area contributed by atoms with Gasteiger partial charge in [0.25, 0.3) is 0 Å². The fourth-order valence-electron chi connectivity index (χ4n) is 4.59. The number of allylic oxidation sites excluding steroid dienone is 2. The highest BCUT2D eigenvalue weighted by Crippen LogP contribution is 2.43. The molecule has 0 amide bonds. The summed E-state index contributed by atoms with van der Waals surface area (Å²) in [6.45, 7) is 12.3. The Hall–Kier alpha value is -1.17. The lowest BCUT2D eigenvalue weighted by atomic mass is 9.70. The lowest BCUT2D eigenvalue weighted by molar-refractivity contribution is -0.409. The molecule has 5 heteroatoms. The maximum Gasteiger partial charge on any atom is 0.308 e. The largest absolute Gasteiger partial charge is 0.481 e. The topological polar surface area (TPSA) is 76.0 Å². The number of rotatable bonds is 8. The van der Waals surface area contributed by atoms with Crippen molar-refractivity contribution >= 4 is 5.97 Å². The summed E-state index contributed by atoms with van der Waals surface area (Å²) in [7, 11) is 0. The SMILES string of the molecule is CC1=C(CCC(C)(O)/C=C/C[C@@]2(C)CC[C@H](C(C)C(=O)O)OO2)C(C)(C)CCC1. The molecule has 0 aromatic carbocycles. The van der Waals surface area contributed by atoms with E-state index in [-0.39, 0.29) is 5.41 Å². The summed E-state index contributed by atoms with van der Waals surface area (Å²) in [5.74, 6) is -1.46. The molecule has 0 radical (unpaired) electrons. The third kappa shape index (κ3) is 6.66. The van der Waals surface area contributed by atoms with Gasteiger partial charge >= 0.3 is 5.97 Å². The first-order chi connectivity index (χ1) is 13.4. The fourth-order valence-corrected chi connectivity index (χ4v) is 4.59.